The Kier molecular flexibility index (Phi) is 4.06. The monoisotopic (exact) mass is 309 g/mol. The number of rotatable bonds is 4. The maximum Gasteiger partial charge on any atom is 0.162 e. The fraction of sp³-hybridized carbons (Fsp3) is 0.211. The fourth-order valence-electron chi connectivity index (χ4n) is 2.44. The van der Waals surface area contributed by atoms with Crippen molar-refractivity contribution in [2.75, 3.05) is 14.2 Å². The van der Waals surface area contributed by atoms with Crippen LogP contribution in [0.2, 0.25) is 0 Å². The molecular formula is C19H19NO3. The van der Waals surface area contributed by atoms with Gasteiger partial charge in [-0.1, -0.05) is 6.07 Å². The van der Waals surface area contributed by atoms with Crippen LogP contribution in [-0.4, -0.2) is 19.2 Å². The van der Waals surface area contributed by atoms with E-state index in [1.807, 2.05) is 30.3 Å². The van der Waals surface area contributed by atoms with Crippen LogP contribution >= 0.6 is 0 Å². The maximum atomic E-state index is 6.06. The van der Waals surface area contributed by atoms with Crippen LogP contribution in [0.1, 0.15) is 11.1 Å². The minimum absolute atomic E-state index is 0.649. The molecule has 0 fully saturated rings. The summed E-state index contributed by atoms with van der Waals surface area (Å²) in [6.07, 6.45) is 1.73. The zero-order valence-electron chi connectivity index (χ0n) is 13.7. The minimum atomic E-state index is 0.649. The third-order valence-corrected chi connectivity index (χ3v) is 3.91. The van der Waals surface area contributed by atoms with Gasteiger partial charge in [-0.25, -0.2) is 0 Å². The highest BCUT2D eigenvalue weighted by molar-refractivity contribution is 5.88. The molecule has 0 aliphatic carbocycles. The molecule has 0 spiro atoms. The predicted octanol–water partition coefficient (Wildman–Crippen LogP) is 4.66. The lowest BCUT2D eigenvalue weighted by atomic mass is 10.1. The van der Waals surface area contributed by atoms with Gasteiger partial charge in [0.15, 0.2) is 11.5 Å². The van der Waals surface area contributed by atoms with Crippen LogP contribution in [0.4, 0.5) is 0 Å². The Morgan fingerprint density at radius 3 is 2.22 bits per heavy atom. The molecule has 118 valence electrons. The van der Waals surface area contributed by atoms with Crippen molar-refractivity contribution in [1.29, 1.82) is 0 Å². The SMILES string of the molecule is COc1cc2nccc(Oc3ccc(C)c(C)c3)c2cc1OC. The number of benzene rings is 2. The van der Waals surface area contributed by atoms with Gasteiger partial charge in [0.05, 0.1) is 19.7 Å². The van der Waals surface area contributed by atoms with Crippen molar-refractivity contribution >= 4 is 10.9 Å². The van der Waals surface area contributed by atoms with Crippen LogP contribution < -0.4 is 14.2 Å². The first kappa shape index (κ1) is 15.2. The molecule has 2 aromatic carbocycles. The number of hydrogen-bond donors (Lipinski definition) is 0. The number of aromatic nitrogens is 1. The number of fused-ring (bicyclic) bond motifs is 1. The van der Waals surface area contributed by atoms with Gasteiger partial charge in [-0.15, -0.1) is 0 Å². The van der Waals surface area contributed by atoms with Gasteiger partial charge >= 0.3 is 0 Å². The van der Waals surface area contributed by atoms with Crippen LogP contribution in [0.25, 0.3) is 10.9 Å². The number of aryl methyl sites for hydroxylation is 2. The molecule has 4 heteroatoms. The smallest absolute Gasteiger partial charge is 0.162 e. The Hall–Kier alpha value is -2.75. The zero-order valence-corrected chi connectivity index (χ0v) is 13.7. The maximum absolute atomic E-state index is 6.06. The predicted molar refractivity (Wildman–Crippen MR) is 90.8 cm³/mol. The third-order valence-electron chi connectivity index (χ3n) is 3.91. The molecule has 0 unspecified atom stereocenters. The van der Waals surface area contributed by atoms with E-state index in [2.05, 4.69) is 24.9 Å². The molecule has 0 aliphatic rings. The van der Waals surface area contributed by atoms with E-state index in [0.717, 1.165) is 22.4 Å². The normalized spacial score (nSPS) is 10.6. The largest absolute Gasteiger partial charge is 0.493 e. The third kappa shape index (κ3) is 2.93. The summed E-state index contributed by atoms with van der Waals surface area (Å²) in [6, 6.07) is 11.6. The lowest BCUT2D eigenvalue weighted by Gasteiger charge is -2.13. The Labute approximate surface area is 135 Å². The number of methoxy groups -OCH3 is 2. The molecule has 0 N–H and O–H groups in total. The molecule has 3 aromatic rings. The summed E-state index contributed by atoms with van der Waals surface area (Å²) >= 11 is 0. The van der Waals surface area contributed by atoms with Crippen LogP contribution in [-0.2, 0) is 0 Å². The van der Waals surface area contributed by atoms with Crippen molar-refractivity contribution in [2.45, 2.75) is 13.8 Å². The van der Waals surface area contributed by atoms with Crippen LogP contribution in [0.3, 0.4) is 0 Å². The molecule has 3 rings (SSSR count). The lowest BCUT2D eigenvalue weighted by Crippen LogP contribution is -1.93. The van der Waals surface area contributed by atoms with E-state index < -0.39 is 0 Å². The summed E-state index contributed by atoms with van der Waals surface area (Å²) in [7, 11) is 3.23. The van der Waals surface area contributed by atoms with Crippen LogP contribution in [0.15, 0.2) is 42.6 Å². The summed E-state index contributed by atoms with van der Waals surface area (Å²) in [6.45, 7) is 4.15. The molecule has 0 saturated heterocycles. The van der Waals surface area contributed by atoms with Crippen molar-refractivity contribution in [2.24, 2.45) is 0 Å². The van der Waals surface area contributed by atoms with Crippen molar-refractivity contribution < 1.29 is 14.2 Å². The Morgan fingerprint density at radius 1 is 0.783 bits per heavy atom. The van der Waals surface area contributed by atoms with Crippen molar-refractivity contribution in [3.05, 3.63) is 53.7 Å². The summed E-state index contributed by atoms with van der Waals surface area (Å²) in [5.74, 6) is 2.84. The van der Waals surface area contributed by atoms with Crippen molar-refractivity contribution in [3.63, 3.8) is 0 Å². The molecule has 0 bridgehead atoms. The summed E-state index contributed by atoms with van der Waals surface area (Å²) in [5, 5.41) is 0.878. The van der Waals surface area contributed by atoms with E-state index in [1.165, 1.54) is 11.1 Å². The molecule has 4 nitrogen and oxygen atoms in total. The number of nitrogens with zero attached hydrogens (tertiary/aromatic N) is 1. The molecule has 1 heterocycles. The molecule has 0 amide bonds. The first-order chi connectivity index (χ1) is 11.1. The Morgan fingerprint density at radius 2 is 1.52 bits per heavy atom. The number of ether oxygens (including phenoxy) is 3. The molecule has 0 atom stereocenters. The second-order valence-corrected chi connectivity index (χ2v) is 5.38. The van der Waals surface area contributed by atoms with Gasteiger partial charge in [0.25, 0.3) is 0 Å². The molecular weight excluding hydrogens is 290 g/mol. The summed E-state index contributed by atoms with van der Waals surface area (Å²) in [5.41, 5.74) is 3.23. The van der Waals surface area contributed by atoms with Gasteiger partial charge in [-0.2, -0.15) is 0 Å². The highest BCUT2D eigenvalue weighted by Gasteiger charge is 2.11. The van der Waals surface area contributed by atoms with Gasteiger partial charge in [-0.05, 0) is 49.2 Å². The van der Waals surface area contributed by atoms with E-state index in [9.17, 15) is 0 Å². The average molecular weight is 309 g/mol. The zero-order chi connectivity index (χ0) is 16.4. The van der Waals surface area contributed by atoms with Crippen LogP contribution in [0, 0.1) is 13.8 Å². The summed E-state index contributed by atoms with van der Waals surface area (Å²) < 4.78 is 16.8. The molecule has 0 aliphatic heterocycles. The minimum Gasteiger partial charge on any atom is -0.493 e. The van der Waals surface area contributed by atoms with Gasteiger partial charge in [0.1, 0.15) is 11.5 Å². The van der Waals surface area contributed by atoms with Gasteiger partial charge in [-0.3, -0.25) is 4.98 Å². The molecule has 23 heavy (non-hydrogen) atoms. The van der Waals surface area contributed by atoms with E-state index in [1.54, 1.807) is 20.4 Å². The average Bonchev–Trinajstić information content (AvgIpc) is 2.57. The molecule has 0 radical (unpaired) electrons. The highest BCUT2D eigenvalue weighted by atomic mass is 16.5. The topological polar surface area (TPSA) is 40.6 Å². The Bertz CT molecular complexity index is 859. The van der Waals surface area contributed by atoms with Gasteiger partial charge in [0.2, 0.25) is 0 Å². The van der Waals surface area contributed by atoms with E-state index in [0.29, 0.717) is 11.5 Å². The first-order valence-electron chi connectivity index (χ1n) is 7.38. The Balaban J connectivity index is 2.08. The van der Waals surface area contributed by atoms with E-state index in [4.69, 9.17) is 14.2 Å². The molecule has 0 saturated carbocycles. The molecule has 1 aromatic heterocycles. The number of hydrogen-bond acceptors (Lipinski definition) is 4. The first-order valence-corrected chi connectivity index (χ1v) is 7.38. The summed E-state index contributed by atoms with van der Waals surface area (Å²) in [4.78, 5) is 4.38. The van der Waals surface area contributed by atoms with E-state index >= 15 is 0 Å². The highest BCUT2D eigenvalue weighted by Crippen LogP contribution is 2.36. The quantitative estimate of drug-likeness (QED) is 0.702. The van der Waals surface area contributed by atoms with Crippen molar-refractivity contribution in [3.8, 4) is 23.0 Å². The lowest BCUT2D eigenvalue weighted by molar-refractivity contribution is 0.355. The van der Waals surface area contributed by atoms with Gasteiger partial charge in [0, 0.05) is 17.6 Å². The van der Waals surface area contributed by atoms with Crippen LogP contribution in [0.5, 0.6) is 23.0 Å². The number of pyridine rings is 1. The van der Waals surface area contributed by atoms with Crippen molar-refractivity contribution in [1.82, 2.24) is 4.98 Å². The standard InChI is InChI=1S/C19H19NO3/c1-12-5-6-14(9-13(12)2)23-17-7-8-20-16-11-19(22-4)18(21-3)10-15(16)17/h5-11H,1-4H3. The second kappa shape index (κ2) is 6.16. The fourth-order valence-corrected chi connectivity index (χ4v) is 2.44. The van der Waals surface area contributed by atoms with E-state index in [-0.39, 0.29) is 0 Å². The second-order valence-electron chi connectivity index (χ2n) is 5.38. The van der Waals surface area contributed by atoms with Gasteiger partial charge < -0.3 is 14.2 Å².